The van der Waals surface area contributed by atoms with Gasteiger partial charge in [-0.3, -0.25) is 19.5 Å². The van der Waals surface area contributed by atoms with E-state index in [1.165, 1.54) is 23.9 Å². The van der Waals surface area contributed by atoms with Crippen LogP contribution in [0.5, 0.6) is 0 Å². The van der Waals surface area contributed by atoms with Crippen molar-refractivity contribution < 1.29 is 19.5 Å². The SMILES string of the molecule is O=C(CC1SC2=NCCCN2C1=O)Nc1cccc(C(=O)O)c1. The van der Waals surface area contributed by atoms with Crippen LogP contribution < -0.4 is 5.32 Å². The molecule has 0 spiro atoms. The van der Waals surface area contributed by atoms with Crippen molar-refractivity contribution in [1.82, 2.24) is 4.90 Å². The molecule has 1 aromatic carbocycles. The number of aromatic carboxylic acids is 1. The summed E-state index contributed by atoms with van der Waals surface area (Å²) in [5.41, 5.74) is 0.501. The van der Waals surface area contributed by atoms with Gasteiger partial charge in [0.2, 0.25) is 11.8 Å². The van der Waals surface area contributed by atoms with Gasteiger partial charge in [-0.15, -0.1) is 0 Å². The molecule has 0 aromatic heterocycles. The molecular weight excluding hydrogens is 318 g/mol. The second-order valence-electron chi connectivity index (χ2n) is 5.25. The van der Waals surface area contributed by atoms with Crippen LogP contribution in [0.1, 0.15) is 23.2 Å². The van der Waals surface area contributed by atoms with Crippen molar-refractivity contribution in [3.05, 3.63) is 29.8 Å². The molecule has 2 aliphatic rings. The highest BCUT2D eigenvalue weighted by Gasteiger charge is 2.39. The maximum atomic E-state index is 12.2. The normalized spacial score (nSPS) is 20.0. The van der Waals surface area contributed by atoms with Crippen LogP contribution in [0.15, 0.2) is 29.3 Å². The van der Waals surface area contributed by atoms with Gasteiger partial charge in [0, 0.05) is 25.2 Å². The van der Waals surface area contributed by atoms with Crippen LogP contribution in [0.3, 0.4) is 0 Å². The highest BCUT2D eigenvalue weighted by Crippen LogP contribution is 2.31. The minimum atomic E-state index is -1.06. The Bertz CT molecular complexity index is 704. The fourth-order valence-corrected chi connectivity index (χ4v) is 3.67. The average molecular weight is 333 g/mol. The largest absolute Gasteiger partial charge is 0.478 e. The summed E-state index contributed by atoms with van der Waals surface area (Å²) >= 11 is 1.32. The Labute approximate surface area is 136 Å². The second kappa shape index (κ2) is 6.41. The lowest BCUT2D eigenvalue weighted by Crippen LogP contribution is -2.36. The van der Waals surface area contributed by atoms with Crippen molar-refractivity contribution in [3.63, 3.8) is 0 Å². The zero-order valence-electron chi connectivity index (χ0n) is 12.2. The molecule has 1 unspecified atom stereocenters. The monoisotopic (exact) mass is 333 g/mol. The highest BCUT2D eigenvalue weighted by atomic mass is 32.2. The Hall–Kier alpha value is -2.35. The van der Waals surface area contributed by atoms with Crippen molar-refractivity contribution in [2.75, 3.05) is 18.4 Å². The number of fused-ring (bicyclic) bond motifs is 1. The van der Waals surface area contributed by atoms with E-state index in [0.717, 1.165) is 6.42 Å². The predicted molar refractivity (Wildman–Crippen MR) is 86.7 cm³/mol. The number of carbonyl (C=O) groups is 3. The second-order valence-corrected chi connectivity index (χ2v) is 6.42. The van der Waals surface area contributed by atoms with Crippen LogP contribution in [0.25, 0.3) is 0 Å². The Morgan fingerprint density at radius 1 is 1.43 bits per heavy atom. The van der Waals surface area contributed by atoms with Gasteiger partial charge in [0.1, 0.15) is 5.25 Å². The molecule has 0 saturated carbocycles. The van der Waals surface area contributed by atoms with Gasteiger partial charge in [0.15, 0.2) is 5.17 Å². The first-order valence-corrected chi connectivity index (χ1v) is 8.08. The summed E-state index contributed by atoms with van der Waals surface area (Å²) in [6, 6.07) is 6.01. The van der Waals surface area contributed by atoms with E-state index in [-0.39, 0.29) is 23.8 Å². The van der Waals surface area contributed by atoms with E-state index in [1.807, 2.05) is 0 Å². The maximum absolute atomic E-state index is 12.2. The van der Waals surface area contributed by atoms with Gasteiger partial charge in [0.05, 0.1) is 5.56 Å². The third-order valence-electron chi connectivity index (χ3n) is 3.57. The van der Waals surface area contributed by atoms with E-state index in [2.05, 4.69) is 10.3 Å². The molecule has 3 rings (SSSR count). The Kier molecular flexibility index (Phi) is 4.33. The Morgan fingerprint density at radius 3 is 3.00 bits per heavy atom. The van der Waals surface area contributed by atoms with Crippen molar-refractivity contribution in [1.29, 1.82) is 0 Å². The number of hydrogen-bond donors (Lipinski definition) is 2. The first kappa shape index (κ1) is 15.5. The molecule has 1 aromatic rings. The van der Waals surface area contributed by atoms with Gasteiger partial charge < -0.3 is 10.4 Å². The number of anilines is 1. The summed E-state index contributed by atoms with van der Waals surface area (Å²) in [5.74, 6) is -1.46. The fraction of sp³-hybridized carbons (Fsp3) is 0.333. The molecule has 1 saturated heterocycles. The summed E-state index contributed by atoms with van der Waals surface area (Å²) in [4.78, 5) is 41.2. The highest BCUT2D eigenvalue weighted by molar-refractivity contribution is 8.15. The predicted octanol–water partition coefficient (Wildman–Crippen LogP) is 1.42. The van der Waals surface area contributed by atoms with Crippen molar-refractivity contribution in [3.8, 4) is 0 Å². The number of benzene rings is 1. The number of nitrogens with zero attached hydrogens (tertiary/aromatic N) is 2. The minimum Gasteiger partial charge on any atom is -0.478 e. The molecule has 23 heavy (non-hydrogen) atoms. The number of amidine groups is 1. The number of aliphatic imine (C=N–C) groups is 1. The van der Waals surface area contributed by atoms with E-state index in [9.17, 15) is 14.4 Å². The van der Waals surface area contributed by atoms with Crippen LogP contribution in [0, 0.1) is 0 Å². The lowest BCUT2D eigenvalue weighted by Gasteiger charge is -2.19. The fourth-order valence-electron chi connectivity index (χ4n) is 2.48. The van der Waals surface area contributed by atoms with Crippen LogP contribution in [-0.4, -0.2) is 51.3 Å². The summed E-state index contributed by atoms with van der Waals surface area (Å²) < 4.78 is 0. The molecule has 0 bridgehead atoms. The van der Waals surface area contributed by atoms with Gasteiger partial charge in [-0.1, -0.05) is 17.8 Å². The van der Waals surface area contributed by atoms with Gasteiger partial charge in [-0.25, -0.2) is 4.79 Å². The van der Waals surface area contributed by atoms with Crippen LogP contribution in [0.4, 0.5) is 5.69 Å². The third kappa shape index (κ3) is 3.37. The topological polar surface area (TPSA) is 99.1 Å². The third-order valence-corrected chi connectivity index (χ3v) is 4.78. The zero-order chi connectivity index (χ0) is 16.4. The summed E-state index contributed by atoms with van der Waals surface area (Å²) in [5, 5.41) is 11.8. The van der Waals surface area contributed by atoms with Crippen LogP contribution in [-0.2, 0) is 9.59 Å². The van der Waals surface area contributed by atoms with Crippen molar-refractivity contribution >= 4 is 40.4 Å². The van der Waals surface area contributed by atoms with Crippen molar-refractivity contribution in [2.45, 2.75) is 18.1 Å². The van der Waals surface area contributed by atoms with E-state index >= 15 is 0 Å². The smallest absolute Gasteiger partial charge is 0.335 e. The number of carboxylic acids is 1. The number of rotatable bonds is 4. The summed E-state index contributed by atoms with van der Waals surface area (Å²) in [6.45, 7) is 1.37. The molecule has 2 aliphatic heterocycles. The summed E-state index contributed by atoms with van der Waals surface area (Å²) in [6.07, 6.45) is 0.882. The minimum absolute atomic E-state index is 0.0380. The number of thioether (sulfide) groups is 1. The number of hydrogen-bond acceptors (Lipinski definition) is 5. The summed E-state index contributed by atoms with van der Waals surface area (Å²) in [7, 11) is 0. The lowest BCUT2D eigenvalue weighted by molar-refractivity contribution is -0.128. The number of amides is 2. The molecule has 2 amide bonds. The molecule has 0 radical (unpaired) electrons. The number of carbonyl (C=O) groups excluding carboxylic acids is 2. The number of carboxylic acid groups (broad SMARTS) is 1. The Morgan fingerprint density at radius 2 is 2.26 bits per heavy atom. The molecule has 0 aliphatic carbocycles. The molecule has 2 N–H and O–H groups in total. The quantitative estimate of drug-likeness (QED) is 0.868. The molecule has 2 heterocycles. The Balaban J connectivity index is 1.63. The molecule has 1 atom stereocenters. The standard InChI is InChI=1S/C15H15N3O4S/c19-12(17-10-4-1-3-9(7-10)14(21)22)8-11-13(20)18-6-2-5-16-15(18)23-11/h1,3-4,7,11H,2,5-6,8H2,(H,17,19)(H,21,22). The van der Waals surface area contributed by atoms with Gasteiger partial charge >= 0.3 is 5.97 Å². The molecule has 120 valence electrons. The molecular formula is C15H15N3O4S. The molecule has 8 heteroatoms. The molecule has 1 fully saturated rings. The van der Waals surface area contributed by atoms with E-state index in [1.54, 1.807) is 17.0 Å². The lowest BCUT2D eigenvalue weighted by atomic mass is 10.2. The van der Waals surface area contributed by atoms with Gasteiger partial charge in [-0.05, 0) is 24.6 Å². The van der Waals surface area contributed by atoms with Gasteiger partial charge in [-0.2, -0.15) is 0 Å². The first-order chi connectivity index (χ1) is 11.0. The first-order valence-electron chi connectivity index (χ1n) is 7.20. The average Bonchev–Trinajstić information content (AvgIpc) is 2.84. The van der Waals surface area contributed by atoms with Gasteiger partial charge in [0.25, 0.3) is 0 Å². The zero-order valence-corrected chi connectivity index (χ0v) is 13.0. The van der Waals surface area contributed by atoms with Crippen molar-refractivity contribution in [2.24, 2.45) is 4.99 Å². The van der Waals surface area contributed by atoms with E-state index < -0.39 is 11.2 Å². The van der Waals surface area contributed by atoms with E-state index in [0.29, 0.717) is 23.9 Å². The number of nitrogens with one attached hydrogen (secondary N) is 1. The van der Waals surface area contributed by atoms with Crippen LogP contribution >= 0.6 is 11.8 Å². The van der Waals surface area contributed by atoms with Crippen LogP contribution in [0.2, 0.25) is 0 Å². The maximum Gasteiger partial charge on any atom is 0.335 e. The molecule has 7 nitrogen and oxygen atoms in total. The van der Waals surface area contributed by atoms with E-state index in [4.69, 9.17) is 5.11 Å².